The Bertz CT molecular complexity index is 1320. The number of aromatic nitrogens is 1. The lowest BCUT2D eigenvalue weighted by atomic mass is 10.1. The molecule has 0 fully saturated rings. The van der Waals surface area contributed by atoms with Crippen molar-refractivity contribution in [3.05, 3.63) is 60.0 Å². The Morgan fingerprint density at radius 3 is 2.39 bits per heavy atom. The number of fused-ring (bicyclic) bond motifs is 1. The summed E-state index contributed by atoms with van der Waals surface area (Å²) in [4.78, 5) is 35.2. The third-order valence-electron chi connectivity index (χ3n) is 4.97. The van der Waals surface area contributed by atoms with Crippen LogP contribution in [-0.2, 0) is 14.4 Å². The number of anilines is 2. The lowest BCUT2D eigenvalue weighted by Gasteiger charge is -2.31. The van der Waals surface area contributed by atoms with Gasteiger partial charge in [-0.3, -0.25) is 4.84 Å². The number of carbonyl (C=O) groups excluding carboxylic acids is 1. The van der Waals surface area contributed by atoms with Gasteiger partial charge in [0.1, 0.15) is 17.2 Å². The molecule has 204 valence electrons. The second kappa shape index (κ2) is 11.2. The minimum Gasteiger partial charge on any atom is -0.494 e. The summed E-state index contributed by atoms with van der Waals surface area (Å²) >= 11 is 0. The number of hydrogen-bond donors (Lipinski definition) is 2. The van der Waals surface area contributed by atoms with Crippen LogP contribution in [0.5, 0.6) is 5.75 Å². The second-order valence-corrected chi connectivity index (χ2v) is 10.6. The summed E-state index contributed by atoms with van der Waals surface area (Å²) in [5.41, 5.74) is -0.998. The quantitative estimate of drug-likeness (QED) is 0.320. The van der Waals surface area contributed by atoms with E-state index >= 15 is 4.39 Å². The number of carboxylic acid groups (broad SMARTS) is 1. The summed E-state index contributed by atoms with van der Waals surface area (Å²) < 4.78 is 26.6. The van der Waals surface area contributed by atoms with Crippen LogP contribution in [0.2, 0.25) is 0 Å². The molecule has 1 atom stereocenters. The highest BCUT2D eigenvalue weighted by Crippen LogP contribution is 2.34. The lowest BCUT2D eigenvalue weighted by Crippen LogP contribution is -2.42. The van der Waals surface area contributed by atoms with Gasteiger partial charge in [-0.1, -0.05) is 12.1 Å². The smallest absolute Gasteiger partial charge is 0.440 e. The molecule has 10 heteroatoms. The maximum atomic E-state index is 15.6. The number of hydroxylamine groups is 1. The van der Waals surface area contributed by atoms with E-state index in [0.29, 0.717) is 23.3 Å². The van der Waals surface area contributed by atoms with Crippen LogP contribution in [0.25, 0.3) is 10.8 Å². The van der Waals surface area contributed by atoms with Crippen LogP contribution in [0.1, 0.15) is 60.1 Å². The van der Waals surface area contributed by atoms with E-state index in [2.05, 4.69) is 10.3 Å². The van der Waals surface area contributed by atoms with Crippen molar-refractivity contribution in [2.75, 3.05) is 17.0 Å². The van der Waals surface area contributed by atoms with Gasteiger partial charge in [-0.25, -0.2) is 19.0 Å². The summed E-state index contributed by atoms with van der Waals surface area (Å²) in [6, 6.07) is 9.81. The predicted octanol–water partition coefficient (Wildman–Crippen LogP) is 6.48. The van der Waals surface area contributed by atoms with E-state index in [1.807, 2.05) is 6.92 Å². The normalized spacial score (nSPS) is 12.6. The van der Waals surface area contributed by atoms with Gasteiger partial charge in [0.15, 0.2) is 11.9 Å². The minimum absolute atomic E-state index is 0.0124. The third-order valence-corrected chi connectivity index (χ3v) is 4.97. The SMILES string of the molecule is CCOc1cccc(C(Nc2cc(F)c3c(N(OC(C)(C)C)C(=O)OC(C)(C)C)nccc3c2)C(=O)O)c1. The van der Waals surface area contributed by atoms with Crippen LogP contribution in [0.4, 0.5) is 20.7 Å². The zero-order valence-corrected chi connectivity index (χ0v) is 22.7. The number of amides is 1. The van der Waals surface area contributed by atoms with Crippen molar-refractivity contribution >= 4 is 34.3 Å². The number of carboxylic acids is 1. The van der Waals surface area contributed by atoms with Gasteiger partial charge in [-0.05, 0) is 89.7 Å². The van der Waals surface area contributed by atoms with Crippen molar-refractivity contribution < 1.29 is 33.4 Å². The number of nitrogens with one attached hydrogen (secondary N) is 1. The average Bonchev–Trinajstić information content (AvgIpc) is 2.79. The number of aliphatic carboxylic acids is 1. The second-order valence-electron chi connectivity index (χ2n) is 10.6. The van der Waals surface area contributed by atoms with Crippen LogP contribution in [0.3, 0.4) is 0 Å². The van der Waals surface area contributed by atoms with E-state index in [9.17, 15) is 14.7 Å². The van der Waals surface area contributed by atoms with Crippen molar-refractivity contribution in [2.24, 2.45) is 0 Å². The largest absolute Gasteiger partial charge is 0.494 e. The van der Waals surface area contributed by atoms with E-state index in [-0.39, 0.29) is 16.9 Å². The van der Waals surface area contributed by atoms with Crippen molar-refractivity contribution in [3.8, 4) is 5.75 Å². The van der Waals surface area contributed by atoms with Crippen molar-refractivity contribution in [2.45, 2.75) is 65.7 Å². The Kier molecular flexibility index (Phi) is 8.46. The van der Waals surface area contributed by atoms with Crippen LogP contribution < -0.4 is 15.1 Å². The third kappa shape index (κ3) is 7.32. The molecule has 1 aromatic heterocycles. The molecule has 0 aliphatic rings. The maximum Gasteiger partial charge on any atom is 0.440 e. The summed E-state index contributed by atoms with van der Waals surface area (Å²) in [5, 5.41) is 14.0. The lowest BCUT2D eigenvalue weighted by molar-refractivity contribution is -0.138. The fourth-order valence-corrected chi connectivity index (χ4v) is 3.63. The topological polar surface area (TPSA) is 110 Å². The molecule has 3 rings (SSSR count). The summed E-state index contributed by atoms with van der Waals surface area (Å²) in [7, 11) is 0. The maximum absolute atomic E-state index is 15.6. The van der Waals surface area contributed by atoms with Crippen molar-refractivity contribution in [1.29, 1.82) is 0 Å². The molecule has 1 heterocycles. The van der Waals surface area contributed by atoms with Gasteiger partial charge in [-0.2, -0.15) is 0 Å². The van der Waals surface area contributed by atoms with Crippen LogP contribution in [-0.4, -0.2) is 40.0 Å². The first-order valence-electron chi connectivity index (χ1n) is 12.2. The molecule has 1 amide bonds. The van der Waals surface area contributed by atoms with Crippen LogP contribution in [0.15, 0.2) is 48.7 Å². The Hall–Kier alpha value is -3.92. The summed E-state index contributed by atoms with van der Waals surface area (Å²) in [6.45, 7) is 12.6. The summed E-state index contributed by atoms with van der Waals surface area (Å²) in [5.74, 6) is -1.44. The zero-order chi connectivity index (χ0) is 28.3. The number of nitrogens with zero attached hydrogens (tertiary/aromatic N) is 2. The fraction of sp³-hybridized carbons (Fsp3) is 0.393. The van der Waals surface area contributed by atoms with E-state index in [0.717, 1.165) is 11.1 Å². The highest BCUT2D eigenvalue weighted by Gasteiger charge is 2.32. The van der Waals surface area contributed by atoms with Gasteiger partial charge in [0.25, 0.3) is 0 Å². The number of hydrogen-bond acceptors (Lipinski definition) is 7. The van der Waals surface area contributed by atoms with Gasteiger partial charge in [-0.15, -0.1) is 5.06 Å². The Balaban J connectivity index is 2.05. The molecular weight excluding hydrogens is 493 g/mol. The fourth-order valence-electron chi connectivity index (χ4n) is 3.63. The highest BCUT2D eigenvalue weighted by atomic mass is 19.1. The highest BCUT2D eigenvalue weighted by molar-refractivity contribution is 6.00. The van der Waals surface area contributed by atoms with Gasteiger partial charge in [0.2, 0.25) is 0 Å². The first-order valence-corrected chi connectivity index (χ1v) is 12.2. The standard InChI is InChI=1S/C28H34FN3O6/c1-8-36-20-11-9-10-18(15-20)23(25(33)34)31-19-14-17-12-13-30-24(22(17)21(29)16-19)32(38-28(5,6)7)26(35)37-27(2,3)4/h9-16,23,31H,8H2,1-7H3,(H,33,34). The zero-order valence-electron chi connectivity index (χ0n) is 22.7. The Morgan fingerprint density at radius 2 is 1.79 bits per heavy atom. The molecular formula is C28H34FN3O6. The first kappa shape index (κ1) is 28.6. The molecule has 38 heavy (non-hydrogen) atoms. The molecule has 0 aliphatic carbocycles. The molecule has 0 radical (unpaired) electrons. The van der Waals surface area contributed by atoms with Gasteiger partial charge >= 0.3 is 12.1 Å². The van der Waals surface area contributed by atoms with E-state index < -0.39 is 35.1 Å². The average molecular weight is 528 g/mol. The number of benzene rings is 2. The molecule has 3 aromatic rings. The number of carbonyl (C=O) groups is 2. The molecule has 0 bridgehead atoms. The van der Waals surface area contributed by atoms with Crippen molar-refractivity contribution in [3.63, 3.8) is 0 Å². The predicted molar refractivity (Wildman–Crippen MR) is 143 cm³/mol. The molecule has 0 aliphatic heterocycles. The monoisotopic (exact) mass is 527 g/mol. The number of pyridine rings is 1. The molecule has 0 spiro atoms. The Labute approximate surface area is 221 Å². The van der Waals surface area contributed by atoms with E-state index in [1.165, 1.54) is 6.20 Å². The van der Waals surface area contributed by atoms with E-state index in [4.69, 9.17) is 14.3 Å². The van der Waals surface area contributed by atoms with Gasteiger partial charge < -0.3 is 19.9 Å². The minimum atomic E-state index is -1.17. The molecule has 2 aromatic carbocycles. The summed E-state index contributed by atoms with van der Waals surface area (Å²) in [6.07, 6.45) is 0.555. The van der Waals surface area contributed by atoms with E-state index in [1.54, 1.807) is 77.9 Å². The molecule has 9 nitrogen and oxygen atoms in total. The number of halogens is 1. The van der Waals surface area contributed by atoms with Gasteiger partial charge in [0.05, 0.1) is 17.6 Å². The van der Waals surface area contributed by atoms with Crippen molar-refractivity contribution in [1.82, 2.24) is 4.98 Å². The number of ether oxygens (including phenoxy) is 2. The number of rotatable bonds is 8. The Morgan fingerprint density at radius 1 is 1.08 bits per heavy atom. The molecule has 2 N–H and O–H groups in total. The first-order chi connectivity index (χ1) is 17.7. The molecule has 0 saturated heterocycles. The molecule has 0 saturated carbocycles. The van der Waals surface area contributed by atoms with Gasteiger partial charge in [0, 0.05) is 11.9 Å². The molecule has 1 unspecified atom stereocenters. The van der Waals surface area contributed by atoms with Crippen LogP contribution >= 0.6 is 0 Å². The van der Waals surface area contributed by atoms with Crippen LogP contribution in [0, 0.1) is 5.82 Å².